The number of aryl methyl sites for hydroxylation is 1. The van der Waals surface area contributed by atoms with E-state index >= 15 is 0 Å². The van der Waals surface area contributed by atoms with Gasteiger partial charge in [-0.15, -0.1) is 0 Å². The van der Waals surface area contributed by atoms with Crippen LogP contribution in [0.5, 0.6) is 0 Å². The zero-order valence-electron chi connectivity index (χ0n) is 11.8. The third-order valence-corrected chi connectivity index (χ3v) is 4.14. The lowest BCUT2D eigenvalue weighted by atomic mass is 9.81. The van der Waals surface area contributed by atoms with E-state index in [1.807, 2.05) is 31.2 Å². The number of anilines is 1. The van der Waals surface area contributed by atoms with Crippen molar-refractivity contribution < 1.29 is 14.3 Å². The van der Waals surface area contributed by atoms with Crippen molar-refractivity contribution in [2.24, 2.45) is 11.3 Å². The minimum atomic E-state index is -0.784. The lowest BCUT2D eigenvalue weighted by Crippen LogP contribution is -2.36. The number of carbonyl (C=O) groups is 2. The van der Waals surface area contributed by atoms with E-state index in [0.29, 0.717) is 6.54 Å². The van der Waals surface area contributed by atoms with Crippen LogP contribution in [-0.2, 0) is 14.3 Å². The number of hydrogen-bond acceptors (Lipinski definition) is 3. The fraction of sp³-hybridized carbons (Fsp3) is 0.467. The molecule has 19 heavy (non-hydrogen) atoms. The normalized spacial score (nSPS) is 26.6. The minimum Gasteiger partial charge on any atom is -0.469 e. The Morgan fingerprint density at radius 1 is 1.42 bits per heavy atom. The summed E-state index contributed by atoms with van der Waals surface area (Å²) in [4.78, 5) is 26.1. The average Bonchev–Trinajstić information content (AvgIpc) is 2.64. The summed E-state index contributed by atoms with van der Waals surface area (Å²) in [5.74, 6) is -0.730. The molecule has 0 saturated carbocycles. The molecule has 1 aliphatic heterocycles. The van der Waals surface area contributed by atoms with Gasteiger partial charge in [-0.25, -0.2) is 0 Å². The lowest BCUT2D eigenvalue weighted by Gasteiger charge is -2.24. The van der Waals surface area contributed by atoms with E-state index in [2.05, 4.69) is 0 Å². The highest BCUT2D eigenvalue weighted by atomic mass is 16.5. The zero-order valence-corrected chi connectivity index (χ0v) is 11.8. The molecule has 0 N–H and O–H groups in total. The molecule has 0 aromatic heterocycles. The molecule has 4 nitrogen and oxygen atoms in total. The van der Waals surface area contributed by atoms with E-state index in [-0.39, 0.29) is 17.8 Å². The maximum Gasteiger partial charge on any atom is 0.314 e. The van der Waals surface area contributed by atoms with Crippen LogP contribution in [-0.4, -0.2) is 25.5 Å². The van der Waals surface area contributed by atoms with Gasteiger partial charge in [0.1, 0.15) is 0 Å². The zero-order chi connectivity index (χ0) is 14.2. The first-order chi connectivity index (χ1) is 8.91. The van der Waals surface area contributed by atoms with E-state index in [4.69, 9.17) is 4.74 Å². The molecular weight excluding hydrogens is 242 g/mol. The summed E-state index contributed by atoms with van der Waals surface area (Å²) in [5.41, 5.74) is 1.11. The van der Waals surface area contributed by atoms with Gasteiger partial charge >= 0.3 is 5.97 Å². The number of ether oxygens (including phenoxy) is 1. The predicted octanol–water partition coefficient (Wildman–Crippen LogP) is 2.16. The molecule has 1 aliphatic rings. The van der Waals surface area contributed by atoms with Crippen molar-refractivity contribution in [3.63, 3.8) is 0 Å². The monoisotopic (exact) mass is 261 g/mol. The second-order valence-corrected chi connectivity index (χ2v) is 5.34. The molecule has 0 spiro atoms. The number of amides is 1. The van der Waals surface area contributed by atoms with Gasteiger partial charge in [-0.3, -0.25) is 9.59 Å². The van der Waals surface area contributed by atoms with Gasteiger partial charge in [0.2, 0.25) is 5.91 Å². The Balaban J connectivity index is 2.39. The van der Waals surface area contributed by atoms with Crippen LogP contribution in [0.15, 0.2) is 24.3 Å². The van der Waals surface area contributed by atoms with Crippen LogP contribution in [0.1, 0.15) is 19.4 Å². The number of rotatable bonds is 2. The number of hydrogen-bond donors (Lipinski definition) is 0. The molecule has 1 heterocycles. The van der Waals surface area contributed by atoms with Crippen molar-refractivity contribution in [1.29, 1.82) is 0 Å². The van der Waals surface area contributed by atoms with Gasteiger partial charge in [-0.2, -0.15) is 0 Å². The van der Waals surface area contributed by atoms with Crippen molar-refractivity contribution in [3.8, 4) is 0 Å². The van der Waals surface area contributed by atoms with E-state index in [1.165, 1.54) is 7.11 Å². The number of benzene rings is 1. The molecule has 2 unspecified atom stereocenters. The number of esters is 1. The molecule has 0 bridgehead atoms. The standard InChI is InChI=1S/C15H19NO3/c1-10-7-5-6-8-12(10)16-9-15(3,14(18)19-4)11(2)13(16)17/h5-8,11H,9H2,1-4H3. The summed E-state index contributed by atoms with van der Waals surface area (Å²) in [6.07, 6.45) is 0. The van der Waals surface area contributed by atoms with Crippen molar-refractivity contribution in [1.82, 2.24) is 0 Å². The largest absolute Gasteiger partial charge is 0.469 e. The highest BCUT2D eigenvalue weighted by Gasteiger charge is 2.52. The van der Waals surface area contributed by atoms with E-state index in [9.17, 15) is 9.59 Å². The number of carbonyl (C=O) groups excluding carboxylic acids is 2. The van der Waals surface area contributed by atoms with Gasteiger partial charge in [0.15, 0.2) is 0 Å². The van der Waals surface area contributed by atoms with E-state index < -0.39 is 5.41 Å². The first-order valence-corrected chi connectivity index (χ1v) is 6.37. The second kappa shape index (κ2) is 4.68. The maximum absolute atomic E-state index is 12.4. The maximum atomic E-state index is 12.4. The third kappa shape index (κ3) is 2.01. The molecule has 102 valence electrons. The number of nitrogens with zero attached hydrogens (tertiary/aromatic N) is 1. The molecule has 1 fully saturated rings. The Hall–Kier alpha value is -1.84. The highest BCUT2D eigenvalue weighted by molar-refractivity contribution is 6.03. The first kappa shape index (κ1) is 13.6. The van der Waals surface area contributed by atoms with Crippen LogP contribution in [0.25, 0.3) is 0 Å². The Bertz CT molecular complexity index is 526. The third-order valence-electron chi connectivity index (χ3n) is 4.14. The van der Waals surface area contributed by atoms with E-state index in [0.717, 1.165) is 11.3 Å². The Morgan fingerprint density at radius 3 is 2.63 bits per heavy atom. The topological polar surface area (TPSA) is 46.6 Å². The quantitative estimate of drug-likeness (QED) is 0.766. The Morgan fingerprint density at radius 2 is 2.05 bits per heavy atom. The summed E-state index contributed by atoms with van der Waals surface area (Å²) < 4.78 is 4.85. The van der Waals surface area contributed by atoms with Crippen molar-refractivity contribution in [2.75, 3.05) is 18.6 Å². The molecule has 4 heteroatoms. The van der Waals surface area contributed by atoms with Crippen LogP contribution in [0.3, 0.4) is 0 Å². The van der Waals surface area contributed by atoms with Crippen LogP contribution >= 0.6 is 0 Å². The molecular formula is C15H19NO3. The molecule has 1 aromatic carbocycles. The van der Waals surface area contributed by atoms with Crippen molar-refractivity contribution in [3.05, 3.63) is 29.8 Å². The smallest absolute Gasteiger partial charge is 0.314 e. The summed E-state index contributed by atoms with van der Waals surface area (Å²) in [7, 11) is 1.36. The summed E-state index contributed by atoms with van der Waals surface area (Å²) in [5, 5.41) is 0. The minimum absolute atomic E-state index is 0.0257. The SMILES string of the molecule is COC(=O)C1(C)CN(c2ccccc2C)C(=O)C1C. The average molecular weight is 261 g/mol. The van der Waals surface area contributed by atoms with Gasteiger partial charge < -0.3 is 9.64 Å². The number of methoxy groups -OCH3 is 1. The van der Waals surface area contributed by atoms with Crippen molar-refractivity contribution >= 4 is 17.6 Å². The fourth-order valence-electron chi connectivity index (χ4n) is 2.59. The molecule has 0 radical (unpaired) electrons. The molecule has 1 saturated heterocycles. The summed E-state index contributed by atoms with van der Waals surface area (Å²) in [6.45, 7) is 5.91. The predicted molar refractivity (Wildman–Crippen MR) is 72.8 cm³/mol. The molecule has 0 aliphatic carbocycles. The van der Waals surface area contributed by atoms with Gasteiger partial charge in [0, 0.05) is 12.2 Å². The first-order valence-electron chi connectivity index (χ1n) is 6.37. The van der Waals surface area contributed by atoms with Crippen molar-refractivity contribution in [2.45, 2.75) is 20.8 Å². The second-order valence-electron chi connectivity index (χ2n) is 5.34. The van der Waals surface area contributed by atoms with Crippen LogP contribution < -0.4 is 4.90 Å². The molecule has 2 rings (SSSR count). The van der Waals surface area contributed by atoms with Crippen LogP contribution in [0.2, 0.25) is 0 Å². The lowest BCUT2D eigenvalue weighted by molar-refractivity contribution is -0.153. The Labute approximate surface area is 113 Å². The van der Waals surface area contributed by atoms with Gasteiger partial charge in [-0.1, -0.05) is 25.1 Å². The van der Waals surface area contributed by atoms with Crippen LogP contribution in [0.4, 0.5) is 5.69 Å². The molecule has 1 aromatic rings. The van der Waals surface area contributed by atoms with Gasteiger partial charge in [-0.05, 0) is 25.5 Å². The summed E-state index contributed by atoms with van der Waals surface area (Å²) in [6, 6.07) is 7.69. The fourth-order valence-corrected chi connectivity index (χ4v) is 2.59. The van der Waals surface area contributed by atoms with Crippen LogP contribution in [0, 0.1) is 18.3 Å². The van der Waals surface area contributed by atoms with Gasteiger partial charge in [0.25, 0.3) is 0 Å². The Kier molecular flexibility index (Phi) is 3.35. The van der Waals surface area contributed by atoms with E-state index in [1.54, 1.807) is 18.7 Å². The van der Waals surface area contributed by atoms with Gasteiger partial charge in [0.05, 0.1) is 18.4 Å². The molecule has 2 atom stereocenters. The summed E-state index contributed by atoms with van der Waals surface area (Å²) >= 11 is 0. The highest BCUT2D eigenvalue weighted by Crippen LogP contribution is 2.40. The number of para-hydroxylation sites is 1. The molecule has 1 amide bonds.